The van der Waals surface area contributed by atoms with E-state index < -0.39 is 0 Å². The van der Waals surface area contributed by atoms with Crippen LogP contribution in [-0.2, 0) is 5.41 Å². The van der Waals surface area contributed by atoms with Crippen molar-refractivity contribution in [3.63, 3.8) is 0 Å². The smallest absolute Gasteiger partial charge is 0.123 e. The Hall–Kier alpha value is -0.500. The lowest BCUT2D eigenvalue weighted by molar-refractivity contribution is 0.287. The van der Waals surface area contributed by atoms with Gasteiger partial charge in [-0.15, -0.1) is 0 Å². The Balaban J connectivity index is 1.81. The second kappa shape index (κ2) is 5.36. The Kier molecular flexibility index (Phi) is 3.87. The first-order valence-electron chi connectivity index (χ1n) is 7.88. The lowest BCUT2D eigenvalue weighted by atomic mass is 9.79. The Labute approximate surface area is 131 Å². The average molecular weight is 337 g/mol. The summed E-state index contributed by atoms with van der Waals surface area (Å²) >= 11 is 3.97. The van der Waals surface area contributed by atoms with Crippen molar-refractivity contribution in [2.75, 3.05) is 6.61 Å². The zero-order chi connectivity index (χ0) is 14.3. The molecular formula is C18H25BrO. The number of alkyl halides is 1. The molecule has 2 aliphatic rings. The van der Waals surface area contributed by atoms with E-state index in [1.165, 1.54) is 36.8 Å². The highest BCUT2D eigenvalue weighted by Gasteiger charge is 2.33. The SMILES string of the molecule is CC1CCC(C(Br)c2ccc3c(c2)C(C)(C)CO3)CC1. The summed E-state index contributed by atoms with van der Waals surface area (Å²) in [6.07, 6.45) is 5.47. The first-order valence-corrected chi connectivity index (χ1v) is 8.80. The number of fused-ring (bicyclic) bond motifs is 1. The third-order valence-electron chi connectivity index (χ3n) is 5.11. The summed E-state index contributed by atoms with van der Waals surface area (Å²) < 4.78 is 5.79. The van der Waals surface area contributed by atoms with Crippen molar-refractivity contribution in [2.24, 2.45) is 11.8 Å². The van der Waals surface area contributed by atoms with Gasteiger partial charge >= 0.3 is 0 Å². The Morgan fingerprint density at radius 3 is 2.60 bits per heavy atom. The number of rotatable bonds is 2. The third kappa shape index (κ3) is 2.64. The van der Waals surface area contributed by atoms with Crippen LogP contribution < -0.4 is 4.74 Å². The molecule has 1 fully saturated rings. The third-order valence-corrected chi connectivity index (χ3v) is 6.39. The minimum absolute atomic E-state index is 0.152. The van der Waals surface area contributed by atoms with E-state index >= 15 is 0 Å². The van der Waals surface area contributed by atoms with Gasteiger partial charge < -0.3 is 4.74 Å². The van der Waals surface area contributed by atoms with Crippen LogP contribution >= 0.6 is 15.9 Å². The van der Waals surface area contributed by atoms with Crippen molar-refractivity contribution < 1.29 is 4.74 Å². The molecule has 3 rings (SSSR count). The maximum atomic E-state index is 5.79. The van der Waals surface area contributed by atoms with E-state index in [4.69, 9.17) is 4.74 Å². The first-order chi connectivity index (χ1) is 9.47. The van der Waals surface area contributed by atoms with Crippen LogP contribution in [0, 0.1) is 11.8 Å². The van der Waals surface area contributed by atoms with Crippen molar-refractivity contribution in [3.05, 3.63) is 29.3 Å². The van der Waals surface area contributed by atoms with Gasteiger partial charge in [0.05, 0.1) is 6.61 Å². The molecule has 1 aliphatic heterocycles. The Bertz CT molecular complexity index is 486. The quantitative estimate of drug-likeness (QED) is 0.637. The van der Waals surface area contributed by atoms with E-state index in [0.717, 1.165) is 24.2 Å². The van der Waals surface area contributed by atoms with Gasteiger partial charge in [0.25, 0.3) is 0 Å². The molecule has 1 aromatic carbocycles. The standard InChI is InChI=1S/C18H25BrO/c1-12-4-6-13(7-5-12)17(19)14-8-9-16-15(10-14)18(2,3)11-20-16/h8-10,12-13,17H,4-7,11H2,1-3H3. The lowest BCUT2D eigenvalue weighted by Crippen LogP contribution is -2.19. The maximum absolute atomic E-state index is 5.79. The van der Waals surface area contributed by atoms with E-state index in [9.17, 15) is 0 Å². The molecule has 110 valence electrons. The summed E-state index contributed by atoms with van der Waals surface area (Å²) in [6.45, 7) is 7.73. The van der Waals surface area contributed by atoms with Gasteiger partial charge in [0.2, 0.25) is 0 Å². The zero-order valence-electron chi connectivity index (χ0n) is 12.8. The fourth-order valence-electron chi connectivity index (χ4n) is 3.56. The lowest BCUT2D eigenvalue weighted by Gasteiger charge is -2.30. The minimum atomic E-state index is 0.152. The van der Waals surface area contributed by atoms with E-state index in [1.807, 2.05) is 0 Å². The number of benzene rings is 1. The molecule has 0 amide bonds. The summed E-state index contributed by atoms with van der Waals surface area (Å²) in [5.74, 6) is 2.78. The van der Waals surface area contributed by atoms with Crippen LogP contribution in [0.5, 0.6) is 5.75 Å². The summed E-state index contributed by atoms with van der Waals surface area (Å²) in [6, 6.07) is 6.79. The van der Waals surface area contributed by atoms with E-state index in [1.54, 1.807) is 0 Å². The summed E-state index contributed by atoms with van der Waals surface area (Å²) in [5, 5.41) is 0. The second-order valence-corrected chi connectivity index (χ2v) is 8.34. The number of hydrogen-bond acceptors (Lipinski definition) is 1. The molecule has 1 atom stereocenters. The molecule has 1 unspecified atom stereocenters. The van der Waals surface area contributed by atoms with Crippen LogP contribution in [-0.4, -0.2) is 6.61 Å². The molecule has 0 aromatic heterocycles. The monoisotopic (exact) mass is 336 g/mol. The highest BCUT2D eigenvalue weighted by Crippen LogP contribution is 2.45. The molecule has 1 saturated carbocycles. The summed E-state index contributed by atoms with van der Waals surface area (Å²) in [7, 11) is 0. The molecule has 0 saturated heterocycles. The van der Waals surface area contributed by atoms with Gasteiger partial charge in [0, 0.05) is 15.8 Å². The normalized spacial score (nSPS) is 29.6. The van der Waals surface area contributed by atoms with E-state index in [2.05, 4.69) is 54.9 Å². The molecule has 1 aliphatic carbocycles. The van der Waals surface area contributed by atoms with Crippen molar-refractivity contribution >= 4 is 15.9 Å². The molecular weight excluding hydrogens is 312 g/mol. The molecule has 2 heteroatoms. The van der Waals surface area contributed by atoms with Crippen molar-refractivity contribution in [2.45, 2.75) is 56.7 Å². The van der Waals surface area contributed by atoms with Crippen LogP contribution in [0.1, 0.15) is 62.4 Å². The van der Waals surface area contributed by atoms with Gasteiger partial charge in [-0.25, -0.2) is 0 Å². The molecule has 0 spiro atoms. The first kappa shape index (κ1) is 14.4. The van der Waals surface area contributed by atoms with Crippen LogP contribution in [0.15, 0.2) is 18.2 Å². The molecule has 1 nitrogen and oxygen atoms in total. The topological polar surface area (TPSA) is 9.23 Å². The van der Waals surface area contributed by atoms with E-state index in [-0.39, 0.29) is 5.41 Å². The van der Waals surface area contributed by atoms with E-state index in [0.29, 0.717) is 4.83 Å². The summed E-state index contributed by atoms with van der Waals surface area (Å²) in [4.78, 5) is 0.497. The fraction of sp³-hybridized carbons (Fsp3) is 0.667. The fourth-order valence-corrected chi connectivity index (χ4v) is 4.37. The molecule has 0 N–H and O–H groups in total. The van der Waals surface area contributed by atoms with Crippen LogP contribution in [0.3, 0.4) is 0 Å². The second-order valence-electron chi connectivity index (χ2n) is 7.35. The van der Waals surface area contributed by atoms with Crippen molar-refractivity contribution in [1.82, 2.24) is 0 Å². The molecule has 0 radical (unpaired) electrons. The number of halogens is 1. The van der Waals surface area contributed by atoms with Gasteiger partial charge in [-0.2, -0.15) is 0 Å². The van der Waals surface area contributed by atoms with Gasteiger partial charge in [-0.3, -0.25) is 0 Å². The van der Waals surface area contributed by atoms with Gasteiger partial charge in [-0.05, 0) is 36.3 Å². The summed E-state index contributed by atoms with van der Waals surface area (Å²) in [5.41, 5.74) is 2.96. The number of ether oxygens (including phenoxy) is 1. The van der Waals surface area contributed by atoms with Crippen molar-refractivity contribution in [3.8, 4) is 5.75 Å². The van der Waals surface area contributed by atoms with Crippen LogP contribution in [0.4, 0.5) is 0 Å². The van der Waals surface area contributed by atoms with Crippen molar-refractivity contribution in [1.29, 1.82) is 0 Å². The van der Waals surface area contributed by atoms with Crippen LogP contribution in [0.2, 0.25) is 0 Å². The van der Waals surface area contributed by atoms with Gasteiger partial charge in [0.1, 0.15) is 5.75 Å². The highest BCUT2D eigenvalue weighted by molar-refractivity contribution is 9.09. The average Bonchev–Trinajstić information content (AvgIpc) is 2.74. The highest BCUT2D eigenvalue weighted by atomic mass is 79.9. The maximum Gasteiger partial charge on any atom is 0.123 e. The predicted molar refractivity (Wildman–Crippen MR) is 87.8 cm³/mol. The number of hydrogen-bond donors (Lipinski definition) is 0. The molecule has 0 bridgehead atoms. The predicted octanol–water partition coefficient (Wildman–Crippen LogP) is 5.62. The van der Waals surface area contributed by atoms with Crippen LogP contribution in [0.25, 0.3) is 0 Å². The molecule has 1 heterocycles. The van der Waals surface area contributed by atoms with Gasteiger partial charge in [-0.1, -0.05) is 61.7 Å². The molecule has 1 aromatic rings. The largest absolute Gasteiger partial charge is 0.492 e. The minimum Gasteiger partial charge on any atom is -0.492 e. The molecule has 20 heavy (non-hydrogen) atoms. The zero-order valence-corrected chi connectivity index (χ0v) is 14.4. The Morgan fingerprint density at radius 1 is 1.20 bits per heavy atom. The Morgan fingerprint density at radius 2 is 1.90 bits per heavy atom. The van der Waals surface area contributed by atoms with Gasteiger partial charge in [0.15, 0.2) is 0 Å².